The average molecular weight is 720 g/mol. The molecule has 14 nitrogen and oxygen atoms in total. The van der Waals surface area contributed by atoms with Gasteiger partial charge in [-0.2, -0.15) is 0 Å². The zero-order valence-electron chi connectivity index (χ0n) is 30.3. The summed E-state index contributed by atoms with van der Waals surface area (Å²) in [5.74, 6) is 0.699. The number of nitrogens with zero attached hydrogens (tertiary/aromatic N) is 6. The second-order valence-corrected chi connectivity index (χ2v) is 12.6. The number of rotatable bonds is 27. The van der Waals surface area contributed by atoms with Gasteiger partial charge in [0.2, 0.25) is 0 Å². The summed E-state index contributed by atoms with van der Waals surface area (Å²) in [6.45, 7) is 6.75. The summed E-state index contributed by atoms with van der Waals surface area (Å²) in [5.41, 5.74) is 13.1. The Kier molecular flexibility index (Phi) is 18.7. The lowest BCUT2D eigenvalue weighted by Gasteiger charge is -2.23. The molecule has 0 fully saturated rings. The van der Waals surface area contributed by atoms with Crippen molar-refractivity contribution in [3.63, 3.8) is 0 Å². The predicted octanol–water partition coefficient (Wildman–Crippen LogP) is 5.77. The maximum atomic E-state index is 11.8. The van der Waals surface area contributed by atoms with Gasteiger partial charge < -0.3 is 39.0 Å². The molecule has 1 aliphatic heterocycles. The highest BCUT2D eigenvalue weighted by Gasteiger charge is 2.20. The van der Waals surface area contributed by atoms with E-state index in [2.05, 4.69) is 32.4 Å². The van der Waals surface area contributed by atoms with Gasteiger partial charge in [0.05, 0.1) is 65.0 Å². The zero-order chi connectivity index (χ0) is 36.6. The van der Waals surface area contributed by atoms with Crippen LogP contribution in [0.25, 0.3) is 21.7 Å². The molecule has 2 N–H and O–H groups in total. The first-order valence-corrected chi connectivity index (χ1v) is 18.2. The van der Waals surface area contributed by atoms with Gasteiger partial charge >= 0.3 is 5.97 Å². The van der Waals surface area contributed by atoms with Crippen molar-refractivity contribution in [3.8, 4) is 17.0 Å². The van der Waals surface area contributed by atoms with Crippen LogP contribution in [0.1, 0.15) is 48.6 Å². The molecule has 4 rings (SSSR count). The van der Waals surface area contributed by atoms with E-state index in [1.165, 1.54) is 5.56 Å². The van der Waals surface area contributed by atoms with E-state index >= 15 is 0 Å². The number of ether oxygens (including phenoxy) is 5. The number of hydrogen-bond donors (Lipinski definition) is 2. The molecule has 2 aromatic heterocycles. The number of aliphatic carboxylic acids is 1. The number of benzene rings is 1. The molecule has 0 bridgehead atoms. The van der Waals surface area contributed by atoms with E-state index in [1.807, 2.05) is 49.5 Å². The number of nitrogens with one attached hydrogen (secondary N) is 1. The van der Waals surface area contributed by atoms with Crippen LogP contribution in [0.3, 0.4) is 0 Å². The van der Waals surface area contributed by atoms with Crippen LogP contribution in [0.4, 0.5) is 5.82 Å². The van der Waals surface area contributed by atoms with Gasteiger partial charge in [0.15, 0.2) is 0 Å². The largest absolute Gasteiger partial charge is 0.491 e. The van der Waals surface area contributed by atoms with Crippen LogP contribution >= 0.6 is 0 Å². The molecule has 1 atom stereocenters. The van der Waals surface area contributed by atoms with Gasteiger partial charge in [-0.3, -0.25) is 9.78 Å². The summed E-state index contributed by atoms with van der Waals surface area (Å²) < 4.78 is 27.6. The lowest BCUT2D eigenvalue weighted by Crippen LogP contribution is -2.27. The van der Waals surface area contributed by atoms with Crippen LogP contribution in [0, 0.1) is 0 Å². The first-order valence-electron chi connectivity index (χ1n) is 18.2. The van der Waals surface area contributed by atoms with Crippen molar-refractivity contribution in [2.45, 2.75) is 44.4 Å². The maximum absolute atomic E-state index is 11.8. The fraction of sp³-hybridized carbons (Fsp3) is 0.553. The summed E-state index contributed by atoms with van der Waals surface area (Å²) in [4.78, 5) is 26.4. The van der Waals surface area contributed by atoms with E-state index in [9.17, 15) is 9.90 Å². The second-order valence-electron chi connectivity index (χ2n) is 12.6. The molecule has 14 heteroatoms. The Hall–Kier alpha value is -4.30. The third kappa shape index (κ3) is 15.5. The smallest absolute Gasteiger partial charge is 0.304 e. The van der Waals surface area contributed by atoms with Crippen LogP contribution in [0.5, 0.6) is 5.75 Å². The zero-order valence-corrected chi connectivity index (χ0v) is 30.3. The molecule has 1 aliphatic rings. The van der Waals surface area contributed by atoms with Crippen LogP contribution in [-0.4, -0.2) is 119 Å². The number of aromatic nitrogens is 2. The van der Waals surface area contributed by atoms with Gasteiger partial charge in [-0.05, 0) is 99.3 Å². The molecule has 0 aliphatic carbocycles. The number of aryl methyl sites for hydroxylation is 2. The molecular weight excluding hydrogens is 666 g/mol. The lowest BCUT2D eigenvalue weighted by atomic mass is 9.99. The molecule has 0 spiro atoms. The van der Waals surface area contributed by atoms with Crippen LogP contribution in [-0.2, 0) is 36.6 Å². The number of carbonyl (C=O) groups is 1. The van der Waals surface area contributed by atoms with Gasteiger partial charge in [0.25, 0.3) is 0 Å². The normalized spacial score (nSPS) is 12.9. The van der Waals surface area contributed by atoms with Crippen molar-refractivity contribution < 1.29 is 33.6 Å². The second kappa shape index (κ2) is 24.0. The Bertz CT molecular complexity index is 1520. The van der Waals surface area contributed by atoms with E-state index < -0.39 is 5.97 Å². The first kappa shape index (κ1) is 40.5. The third-order valence-corrected chi connectivity index (χ3v) is 8.48. The third-order valence-electron chi connectivity index (χ3n) is 8.48. The molecule has 0 radical (unpaired) electrons. The number of anilines is 1. The lowest BCUT2D eigenvalue weighted by molar-refractivity contribution is -0.137. The number of unbranched alkanes of at least 4 members (excludes halogenated alkanes) is 1. The molecule has 0 amide bonds. The first-order chi connectivity index (χ1) is 25.5. The fourth-order valence-corrected chi connectivity index (χ4v) is 5.83. The Morgan fingerprint density at radius 3 is 2.35 bits per heavy atom. The molecular formula is C38H53N7O7. The van der Waals surface area contributed by atoms with Gasteiger partial charge in [-0.15, -0.1) is 0 Å². The number of azide groups is 1. The quantitative estimate of drug-likeness (QED) is 0.0424. The molecule has 282 valence electrons. The SMILES string of the molecule is CN(CCCCc1ccc2c(n1)NCCC2)C[C@@H](CC(=O)O)c1cccc(-c2ccc(OCCOCCOCCOCCOCCN=[N+]=[N-])cc2)n1. The monoisotopic (exact) mass is 719 g/mol. The van der Waals surface area contributed by atoms with Crippen LogP contribution in [0.15, 0.2) is 59.7 Å². The molecule has 0 unspecified atom stereocenters. The molecule has 52 heavy (non-hydrogen) atoms. The number of fused-ring (bicyclic) bond motifs is 1. The number of carboxylic acids is 1. The van der Waals surface area contributed by atoms with Crippen molar-refractivity contribution in [1.29, 1.82) is 0 Å². The summed E-state index contributed by atoms with van der Waals surface area (Å²) in [6.07, 6.45) is 5.22. The van der Waals surface area contributed by atoms with Gasteiger partial charge in [0, 0.05) is 47.4 Å². The molecule has 3 aromatic rings. The highest BCUT2D eigenvalue weighted by molar-refractivity contribution is 5.68. The van der Waals surface area contributed by atoms with Crippen LogP contribution < -0.4 is 10.1 Å². The van der Waals surface area contributed by atoms with E-state index in [1.54, 1.807) is 0 Å². The maximum Gasteiger partial charge on any atom is 0.304 e. The highest BCUT2D eigenvalue weighted by atomic mass is 16.6. The van der Waals surface area contributed by atoms with Crippen molar-refractivity contribution in [1.82, 2.24) is 14.9 Å². The number of pyridine rings is 2. The minimum Gasteiger partial charge on any atom is -0.491 e. The van der Waals surface area contributed by atoms with Crippen molar-refractivity contribution in [2.24, 2.45) is 5.11 Å². The van der Waals surface area contributed by atoms with Crippen molar-refractivity contribution in [3.05, 3.63) is 82.0 Å². The van der Waals surface area contributed by atoms with Crippen molar-refractivity contribution >= 4 is 11.8 Å². The summed E-state index contributed by atoms with van der Waals surface area (Å²) in [6, 6.07) is 17.9. The highest BCUT2D eigenvalue weighted by Crippen LogP contribution is 2.26. The topological polar surface area (TPSA) is 173 Å². The van der Waals surface area contributed by atoms with Gasteiger partial charge in [-0.25, -0.2) is 4.98 Å². The van der Waals surface area contributed by atoms with Gasteiger partial charge in [-0.1, -0.05) is 17.2 Å². The summed E-state index contributed by atoms with van der Waals surface area (Å²) >= 11 is 0. The minimum atomic E-state index is -0.833. The molecule has 0 saturated heterocycles. The summed E-state index contributed by atoms with van der Waals surface area (Å²) in [5, 5.41) is 16.5. The predicted molar refractivity (Wildman–Crippen MR) is 199 cm³/mol. The average Bonchev–Trinajstić information content (AvgIpc) is 3.16. The fourth-order valence-electron chi connectivity index (χ4n) is 5.83. The standard InChI is InChI=1S/C38H53N7O7/c1-45(18-3-2-7-33-13-10-31-6-5-16-40-38(31)42-33)29-32(28-37(46)47)36-9-4-8-35(43-36)30-11-14-34(15-12-30)52-27-26-51-25-24-50-23-22-49-21-20-48-19-17-41-44-39/h4,8-15,32H,2-3,5-7,16-29H2,1H3,(H,40,42)(H,46,47)/t32-/m1/s1. The Morgan fingerprint density at radius 1 is 0.923 bits per heavy atom. The molecule has 1 aromatic carbocycles. The Balaban J connectivity index is 1.12. The Labute approximate surface area is 306 Å². The van der Waals surface area contributed by atoms with E-state index in [4.69, 9.17) is 39.2 Å². The van der Waals surface area contributed by atoms with E-state index in [-0.39, 0.29) is 12.3 Å². The minimum absolute atomic E-state index is 0.0151. The Morgan fingerprint density at radius 2 is 1.63 bits per heavy atom. The van der Waals surface area contributed by atoms with Crippen LogP contribution in [0.2, 0.25) is 0 Å². The van der Waals surface area contributed by atoms with E-state index in [0.29, 0.717) is 72.6 Å². The van der Waals surface area contributed by atoms with Gasteiger partial charge in [0.1, 0.15) is 18.2 Å². The summed E-state index contributed by atoms with van der Waals surface area (Å²) in [7, 11) is 2.05. The molecule has 3 heterocycles. The van der Waals surface area contributed by atoms with Crippen molar-refractivity contribution in [2.75, 3.05) is 98.0 Å². The van der Waals surface area contributed by atoms with E-state index in [0.717, 1.165) is 79.4 Å². The number of hydrogen-bond acceptors (Lipinski definition) is 11. The number of carboxylic acid groups (broad SMARTS) is 1. The molecule has 0 saturated carbocycles. The number of likely N-dealkylation sites (N-methyl/N-ethyl adjacent to an activating group) is 1.